The second kappa shape index (κ2) is 17.6. The molecule has 0 N–H and O–H groups in total. The zero-order chi connectivity index (χ0) is 41.5. The van der Waals surface area contributed by atoms with Gasteiger partial charge in [-0.2, -0.15) is 0 Å². The molecule has 0 amide bonds. The van der Waals surface area contributed by atoms with E-state index in [2.05, 4.69) is 277 Å². The zero-order valence-corrected chi connectivity index (χ0v) is 34.8. The van der Waals surface area contributed by atoms with E-state index in [-0.39, 0.29) is 0 Å². The summed E-state index contributed by atoms with van der Waals surface area (Å²) in [6.07, 6.45) is 0. The highest BCUT2D eigenvalue weighted by Gasteiger charge is 2.30. The quantitative estimate of drug-likeness (QED) is 0.122. The molecular weight excluding hydrogens is 741 g/mol. The lowest BCUT2D eigenvalue weighted by molar-refractivity contribution is 1.17. The molecule has 0 atom stereocenters. The third-order valence-electron chi connectivity index (χ3n) is 11.2. The van der Waals surface area contributed by atoms with Gasteiger partial charge in [0, 0.05) is 34.1 Å². The van der Waals surface area contributed by atoms with Crippen LogP contribution in [0.25, 0.3) is 0 Å². The van der Waals surface area contributed by atoms with Crippen LogP contribution in [0.4, 0.5) is 68.2 Å². The molecule has 0 aromatic heterocycles. The zero-order valence-electron chi connectivity index (χ0n) is 34.8. The van der Waals surface area contributed by atoms with Gasteiger partial charge >= 0.3 is 0 Å². The third kappa shape index (κ3) is 7.75. The molecule has 9 aromatic carbocycles. The second-order valence-electron chi connectivity index (χ2n) is 15.2. The Kier molecular flexibility index (Phi) is 11.1. The Labute approximate surface area is 360 Å². The van der Waals surface area contributed by atoms with Crippen LogP contribution in [0, 0.1) is 20.8 Å². The monoisotopic (exact) mass is 788 g/mol. The average Bonchev–Trinajstić information content (AvgIpc) is 3.31. The van der Waals surface area contributed by atoms with Crippen molar-refractivity contribution in [3.8, 4) is 0 Å². The van der Waals surface area contributed by atoms with Crippen LogP contribution in [0.1, 0.15) is 16.7 Å². The van der Waals surface area contributed by atoms with E-state index in [1.807, 2.05) is 0 Å². The van der Waals surface area contributed by atoms with Gasteiger partial charge in [-0.05, 0) is 128 Å². The lowest BCUT2D eigenvalue weighted by atomic mass is 10.0. The fourth-order valence-corrected chi connectivity index (χ4v) is 8.31. The normalized spacial score (nSPS) is 10.9. The molecule has 0 heterocycles. The van der Waals surface area contributed by atoms with E-state index in [0.717, 1.165) is 68.2 Å². The highest BCUT2D eigenvalue weighted by molar-refractivity contribution is 6.01. The lowest BCUT2D eigenvalue weighted by Crippen LogP contribution is -2.22. The van der Waals surface area contributed by atoms with E-state index < -0.39 is 0 Å². The van der Waals surface area contributed by atoms with Crippen molar-refractivity contribution >= 4 is 68.2 Å². The van der Waals surface area contributed by atoms with Gasteiger partial charge in [-0.3, -0.25) is 0 Å². The fraction of sp³-hybridized carbons (Fsp3) is 0.0526. The first-order chi connectivity index (χ1) is 30.1. The molecule has 0 aliphatic heterocycles. The standard InChI is InChI=1S/C57H48N4/c1-43-25-13-16-34-49(43)58(46-28-7-4-8-29-46)52-37-19-22-40-55(52)61(56-41-23-20-38-53(56)59(47-30-9-5-10-31-47)50-35-17-14-26-44(50)2)57-42-24-21-39-54(57)60(48-32-11-6-12-33-48)51-36-18-15-27-45(51)3/h4-42H,1-3H3. The molecule has 296 valence electrons. The molecule has 0 aliphatic rings. The largest absolute Gasteiger partial charge is 0.308 e. The topological polar surface area (TPSA) is 13.0 Å². The summed E-state index contributed by atoms with van der Waals surface area (Å²) < 4.78 is 0. The van der Waals surface area contributed by atoms with Crippen LogP contribution in [0.3, 0.4) is 0 Å². The third-order valence-corrected chi connectivity index (χ3v) is 11.2. The number of nitrogens with zero attached hydrogens (tertiary/aromatic N) is 4. The van der Waals surface area contributed by atoms with Crippen LogP contribution in [0.15, 0.2) is 237 Å². The summed E-state index contributed by atoms with van der Waals surface area (Å²) in [5.74, 6) is 0. The number of hydrogen-bond acceptors (Lipinski definition) is 4. The number of aryl methyl sites for hydroxylation is 3. The molecule has 0 radical (unpaired) electrons. The van der Waals surface area contributed by atoms with Gasteiger partial charge in [0.2, 0.25) is 0 Å². The van der Waals surface area contributed by atoms with Gasteiger partial charge in [-0.1, -0.05) is 146 Å². The van der Waals surface area contributed by atoms with Gasteiger partial charge in [0.15, 0.2) is 0 Å². The molecule has 0 spiro atoms. The van der Waals surface area contributed by atoms with Gasteiger partial charge in [0.1, 0.15) is 0 Å². The summed E-state index contributed by atoms with van der Waals surface area (Å²) in [5, 5.41) is 0. The molecule has 0 aliphatic carbocycles. The van der Waals surface area contributed by atoms with Crippen molar-refractivity contribution in [2.24, 2.45) is 0 Å². The van der Waals surface area contributed by atoms with E-state index in [4.69, 9.17) is 0 Å². The maximum absolute atomic E-state index is 2.47. The predicted molar refractivity (Wildman–Crippen MR) is 259 cm³/mol. The van der Waals surface area contributed by atoms with Crippen LogP contribution in [-0.4, -0.2) is 0 Å². The second-order valence-corrected chi connectivity index (χ2v) is 15.2. The first-order valence-corrected chi connectivity index (χ1v) is 20.9. The van der Waals surface area contributed by atoms with E-state index in [9.17, 15) is 0 Å². The molecule has 0 bridgehead atoms. The molecule has 0 unspecified atom stereocenters. The highest BCUT2D eigenvalue weighted by atomic mass is 15.3. The van der Waals surface area contributed by atoms with Crippen molar-refractivity contribution in [1.29, 1.82) is 0 Å². The number of hydrogen-bond donors (Lipinski definition) is 0. The number of anilines is 12. The van der Waals surface area contributed by atoms with Crippen LogP contribution >= 0.6 is 0 Å². The molecule has 0 saturated carbocycles. The van der Waals surface area contributed by atoms with Gasteiger partial charge in [0.05, 0.1) is 34.1 Å². The van der Waals surface area contributed by atoms with Gasteiger partial charge in [0.25, 0.3) is 0 Å². The van der Waals surface area contributed by atoms with Crippen molar-refractivity contribution in [1.82, 2.24) is 0 Å². The van der Waals surface area contributed by atoms with Crippen molar-refractivity contribution in [2.75, 3.05) is 19.6 Å². The van der Waals surface area contributed by atoms with E-state index in [1.165, 1.54) is 16.7 Å². The first kappa shape index (κ1) is 38.7. The Morgan fingerprint density at radius 1 is 0.180 bits per heavy atom. The molecule has 61 heavy (non-hydrogen) atoms. The van der Waals surface area contributed by atoms with Gasteiger partial charge in [-0.25, -0.2) is 0 Å². The smallest absolute Gasteiger partial charge is 0.0704 e. The maximum Gasteiger partial charge on any atom is 0.0704 e. The molecule has 9 aromatic rings. The summed E-state index contributed by atoms with van der Waals surface area (Å²) in [6.45, 7) is 6.57. The molecular formula is C57H48N4. The fourth-order valence-electron chi connectivity index (χ4n) is 8.31. The average molecular weight is 789 g/mol. The van der Waals surface area contributed by atoms with E-state index >= 15 is 0 Å². The first-order valence-electron chi connectivity index (χ1n) is 20.9. The Hall–Kier alpha value is -7.82. The minimum atomic E-state index is 1.02. The highest BCUT2D eigenvalue weighted by Crippen LogP contribution is 2.53. The molecule has 9 rings (SSSR count). The molecule has 0 saturated heterocycles. The van der Waals surface area contributed by atoms with Gasteiger partial charge < -0.3 is 19.6 Å². The summed E-state index contributed by atoms with van der Waals surface area (Å²) >= 11 is 0. The molecule has 0 fully saturated rings. The van der Waals surface area contributed by atoms with Crippen molar-refractivity contribution in [2.45, 2.75) is 20.8 Å². The van der Waals surface area contributed by atoms with Crippen molar-refractivity contribution in [3.05, 3.63) is 253 Å². The molecule has 4 nitrogen and oxygen atoms in total. The maximum atomic E-state index is 2.47. The van der Waals surface area contributed by atoms with Crippen LogP contribution in [0.5, 0.6) is 0 Å². The minimum absolute atomic E-state index is 1.02. The number of para-hydroxylation sites is 12. The summed E-state index contributed by atoms with van der Waals surface area (Å²) in [5.41, 5.74) is 16.3. The summed E-state index contributed by atoms with van der Waals surface area (Å²) in [6, 6.07) is 84.5. The number of benzene rings is 9. The Balaban J connectivity index is 1.39. The van der Waals surface area contributed by atoms with Crippen LogP contribution < -0.4 is 19.6 Å². The SMILES string of the molecule is Cc1ccccc1N(c1ccccc1)c1ccccc1N(c1ccccc1N(c1ccccc1)c1ccccc1C)c1ccccc1N(c1ccccc1)c1ccccc1C. The molecule has 4 heteroatoms. The summed E-state index contributed by atoms with van der Waals surface area (Å²) in [7, 11) is 0. The number of rotatable bonds is 12. The van der Waals surface area contributed by atoms with Crippen molar-refractivity contribution < 1.29 is 0 Å². The van der Waals surface area contributed by atoms with E-state index in [1.54, 1.807) is 0 Å². The van der Waals surface area contributed by atoms with Crippen LogP contribution in [-0.2, 0) is 0 Å². The van der Waals surface area contributed by atoms with Gasteiger partial charge in [-0.15, -0.1) is 0 Å². The predicted octanol–water partition coefficient (Wildman–Crippen LogP) is 16.5. The Bertz CT molecular complexity index is 2560. The lowest BCUT2D eigenvalue weighted by Gasteiger charge is -2.38. The Morgan fingerprint density at radius 2 is 0.361 bits per heavy atom. The van der Waals surface area contributed by atoms with Crippen molar-refractivity contribution in [3.63, 3.8) is 0 Å². The van der Waals surface area contributed by atoms with Crippen LogP contribution in [0.2, 0.25) is 0 Å². The van der Waals surface area contributed by atoms with E-state index in [0.29, 0.717) is 0 Å². The Morgan fingerprint density at radius 3 is 0.590 bits per heavy atom. The summed E-state index contributed by atoms with van der Waals surface area (Å²) in [4.78, 5) is 9.66. The minimum Gasteiger partial charge on any atom is -0.308 e.